The number of carbonyl (C=O) groups excluding carboxylic acids is 3. The second-order valence-corrected chi connectivity index (χ2v) is 6.23. The Morgan fingerprint density at radius 1 is 0.962 bits per heavy atom. The molecule has 0 aliphatic carbocycles. The van der Waals surface area contributed by atoms with Crippen LogP contribution in [0.1, 0.15) is 40.1 Å². The van der Waals surface area contributed by atoms with Gasteiger partial charge in [0.05, 0.1) is 0 Å². The molecule has 2 amide bonds. The van der Waals surface area contributed by atoms with Crippen LogP contribution in [0.3, 0.4) is 0 Å². The van der Waals surface area contributed by atoms with Gasteiger partial charge in [0.2, 0.25) is 5.91 Å². The second kappa shape index (κ2) is 8.80. The number of nitrogens with two attached hydrogens (primary N) is 1. The van der Waals surface area contributed by atoms with Crippen molar-refractivity contribution in [2.75, 3.05) is 0 Å². The zero-order chi connectivity index (χ0) is 19.1. The fraction of sp³-hybridized carbons (Fsp3) is 0.250. The van der Waals surface area contributed by atoms with Gasteiger partial charge in [-0.25, -0.2) is 4.79 Å². The van der Waals surface area contributed by atoms with E-state index in [9.17, 15) is 14.4 Å². The zero-order valence-corrected chi connectivity index (χ0v) is 14.8. The van der Waals surface area contributed by atoms with Crippen molar-refractivity contribution in [3.05, 3.63) is 71.3 Å². The summed E-state index contributed by atoms with van der Waals surface area (Å²) >= 11 is 0. The minimum Gasteiger partial charge on any atom is -0.459 e. The molecule has 0 radical (unpaired) electrons. The topological polar surface area (TPSA) is 98.5 Å². The maximum atomic E-state index is 12.4. The van der Waals surface area contributed by atoms with Gasteiger partial charge < -0.3 is 15.8 Å². The molecule has 6 nitrogen and oxygen atoms in total. The molecule has 0 aromatic heterocycles. The lowest BCUT2D eigenvalue weighted by Gasteiger charge is -2.21. The molecule has 0 spiro atoms. The van der Waals surface area contributed by atoms with Gasteiger partial charge in [0.15, 0.2) is 0 Å². The lowest BCUT2D eigenvalue weighted by molar-refractivity contribution is -0.148. The Labute approximate surface area is 152 Å². The summed E-state index contributed by atoms with van der Waals surface area (Å²) in [5.74, 6) is -1.49. The second-order valence-electron chi connectivity index (χ2n) is 6.23. The minimum absolute atomic E-state index is 0.0440. The van der Waals surface area contributed by atoms with Crippen LogP contribution in [0.2, 0.25) is 0 Å². The van der Waals surface area contributed by atoms with Crippen molar-refractivity contribution >= 4 is 17.8 Å². The van der Waals surface area contributed by atoms with Gasteiger partial charge in [-0.1, -0.05) is 44.2 Å². The normalized spacial score (nSPS) is 11.7. The first kappa shape index (κ1) is 19.2. The number of benzene rings is 2. The van der Waals surface area contributed by atoms with Gasteiger partial charge in [-0.2, -0.15) is 0 Å². The third-order valence-corrected chi connectivity index (χ3v) is 3.86. The molecule has 3 N–H and O–H groups in total. The molecule has 6 heteroatoms. The van der Waals surface area contributed by atoms with Crippen LogP contribution >= 0.6 is 0 Å². The van der Waals surface area contributed by atoms with Crippen LogP contribution in [0.4, 0.5) is 0 Å². The molecule has 0 heterocycles. The van der Waals surface area contributed by atoms with Crippen LogP contribution in [0.25, 0.3) is 0 Å². The van der Waals surface area contributed by atoms with Crippen molar-refractivity contribution in [1.29, 1.82) is 0 Å². The van der Waals surface area contributed by atoms with E-state index in [-0.39, 0.29) is 18.4 Å². The van der Waals surface area contributed by atoms with Gasteiger partial charge in [0, 0.05) is 11.1 Å². The first-order valence-electron chi connectivity index (χ1n) is 8.29. The number of ether oxygens (including phenoxy) is 1. The molecule has 2 rings (SSSR count). The Balaban J connectivity index is 1.97. The first-order valence-corrected chi connectivity index (χ1v) is 8.29. The molecule has 0 saturated heterocycles. The van der Waals surface area contributed by atoms with Crippen molar-refractivity contribution in [2.24, 2.45) is 11.7 Å². The summed E-state index contributed by atoms with van der Waals surface area (Å²) in [4.78, 5) is 35.7. The lowest BCUT2D eigenvalue weighted by atomic mass is 10.0. The van der Waals surface area contributed by atoms with Crippen LogP contribution in [-0.2, 0) is 16.1 Å². The van der Waals surface area contributed by atoms with Crippen LogP contribution in [0.15, 0.2) is 54.6 Å². The van der Waals surface area contributed by atoms with Crippen LogP contribution in [-0.4, -0.2) is 23.8 Å². The molecule has 0 unspecified atom stereocenters. The van der Waals surface area contributed by atoms with Gasteiger partial charge in [0.1, 0.15) is 12.6 Å². The number of primary amides is 1. The summed E-state index contributed by atoms with van der Waals surface area (Å²) in [7, 11) is 0. The van der Waals surface area contributed by atoms with Gasteiger partial charge in [-0.15, -0.1) is 0 Å². The number of carbonyl (C=O) groups is 3. The number of nitrogens with one attached hydrogen (secondary N) is 1. The first-order chi connectivity index (χ1) is 12.4. The van der Waals surface area contributed by atoms with E-state index in [2.05, 4.69) is 5.32 Å². The highest BCUT2D eigenvalue weighted by Gasteiger charge is 2.26. The predicted molar refractivity (Wildman–Crippen MR) is 97.3 cm³/mol. The van der Waals surface area contributed by atoms with Crippen molar-refractivity contribution in [3.63, 3.8) is 0 Å². The number of hydrogen-bond donors (Lipinski definition) is 2. The van der Waals surface area contributed by atoms with E-state index in [4.69, 9.17) is 10.5 Å². The van der Waals surface area contributed by atoms with E-state index < -0.39 is 17.9 Å². The van der Waals surface area contributed by atoms with E-state index in [0.717, 1.165) is 5.56 Å². The molecule has 0 bridgehead atoms. The molecule has 0 aliphatic heterocycles. The van der Waals surface area contributed by atoms with Crippen molar-refractivity contribution < 1.29 is 19.1 Å². The standard InChI is InChI=1S/C20H22N2O4/c1-13(2)17(22-19(24)16-6-4-3-5-7-16)20(25)26-12-14-8-10-15(11-9-14)18(21)23/h3-11,13,17H,12H2,1-2H3,(H2,21,23)(H,22,24)/t17-/m0/s1. The maximum absolute atomic E-state index is 12.4. The molecule has 2 aromatic rings. The molecule has 26 heavy (non-hydrogen) atoms. The Morgan fingerprint density at radius 3 is 2.12 bits per heavy atom. The van der Waals surface area contributed by atoms with Gasteiger partial charge in [-0.3, -0.25) is 9.59 Å². The molecule has 0 aliphatic rings. The Hall–Kier alpha value is -3.15. The quantitative estimate of drug-likeness (QED) is 0.745. The number of hydrogen-bond acceptors (Lipinski definition) is 4. The van der Waals surface area contributed by atoms with E-state index in [1.165, 1.54) is 0 Å². The highest BCUT2D eigenvalue weighted by atomic mass is 16.5. The number of esters is 1. The van der Waals surface area contributed by atoms with Gasteiger partial charge >= 0.3 is 5.97 Å². The van der Waals surface area contributed by atoms with Crippen LogP contribution < -0.4 is 11.1 Å². The number of amides is 2. The highest BCUT2D eigenvalue weighted by Crippen LogP contribution is 2.10. The van der Waals surface area contributed by atoms with Crippen molar-refractivity contribution in [1.82, 2.24) is 5.32 Å². The summed E-state index contributed by atoms with van der Waals surface area (Å²) in [5.41, 5.74) is 6.78. The summed E-state index contributed by atoms with van der Waals surface area (Å²) in [6, 6.07) is 14.4. The Morgan fingerprint density at radius 2 is 1.58 bits per heavy atom. The summed E-state index contributed by atoms with van der Waals surface area (Å²) in [6.07, 6.45) is 0. The summed E-state index contributed by atoms with van der Waals surface area (Å²) in [5, 5.41) is 2.72. The van der Waals surface area contributed by atoms with Gasteiger partial charge in [-0.05, 0) is 35.7 Å². The molecular formula is C20H22N2O4. The third-order valence-electron chi connectivity index (χ3n) is 3.86. The lowest BCUT2D eigenvalue weighted by Crippen LogP contribution is -2.45. The molecule has 1 atom stereocenters. The monoisotopic (exact) mass is 354 g/mol. The molecule has 0 saturated carbocycles. The maximum Gasteiger partial charge on any atom is 0.329 e. The van der Waals surface area contributed by atoms with E-state index in [1.54, 1.807) is 48.5 Å². The van der Waals surface area contributed by atoms with E-state index in [0.29, 0.717) is 11.1 Å². The van der Waals surface area contributed by atoms with Gasteiger partial charge in [0.25, 0.3) is 5.91 Å². The van der Waals surface area contributed by atoms with Crippen molar-refractivity contribution in [3.8, 4) is 0 Å². The molecular weight excluding hydrogens is 332 g/mol. The summed E-state index contributed by atoms with van der Waals surface area (Å²) in [6.45, 7) is 3.71. The largest absolute Gasteiger partial charge is 0.459 e. The van der Waals surface area contributed by atoms with Crippen LogP contribution in [0, 0.1) is 5.92 Å². The zero-order valence-electron chi connectivity index (χ0n) is 14.8. The summed E-state index contributed by atoms with van der Waals surface area (Å²) < 4.78 is 5.32. The highest BCUT2D eigenvalue weighted by molar-refractivity contribution is 5.96. The smallest absolute Gasteiger partial charge is 0.329 e. The average Bonchev–Trinajstić information content (AvgIpc) is 2.64. The fourth-order valence-corrected chi connectivity index (χ4v) is 2.32. The Kier molecular flexibility index (Phi) is 6.49. The Bertz CT molecular complexity index is 770. The van der Waals surface area contributed by atoms with E-state index >= 15 is 0 Å². The predicted octanol–water partition coefficient (Wildman–Crippen LogP) is 2.28. The van der Waals surface area contributed by atoms with Crippen molar-refractivity contribution in [2.45, 2.75) is 26.5 Å². The molecule has 2 aromatic carbocycles. The van der Waals surface area contributed by atoms with E-state index in [1.807, 2.05) is 19.9 Å². The molecule has 136 valence electrons. The third kappa shape index (κ3) is 5.17. The molecule has 0 fully saturated rings. The SMILES string of the molecule is CC(C)[C@H](NC(=O)c1ccccc1)C(=O)OCc1ccc(C(N)=O)cc1. The average molecular weight is 354 g/mol. The fourth-order valence-electron chi connectivity index (χ4n) is 2.32. The minimum atomic E-state index is -0.757. The van der Waals surface area contributed by atoms with Crippen LogP contribution in [0.5, 0.6) is 0 Å². The number of rotatable bonds is 7.